The van der Waals surface area contributed by atoms with Crippen LogP contribution in [0.4, 0.5) is 0 Å². The van der Waals surface area contributed by atoms with E-state index in [1.54, 1.807) is 0 Å². The van der Waals surface area contributed by atoms with Crippen molar-refractivity contribution in [1.82, 2.24) is 0 Å². The van der Waals surface area contributed by atoms with Crippen molar-refractivity contribution in [3.63, 3.8) is 0 Å². The molecule has 0 atom stereocenters. The van der Waals surface area contributed by atoms with Crippen molar-refractivity contribution in [2.45, 2.75) is 123 Å². The SMILES string of the molecule is CCCCCCCCCCCC(=O)OCCOCCOCCOCCOCCOc1ccc(CCCCCCCC)cc1. The van der Waals surface area contributed by atoms with E-state index in [-0.39, 0.29) is 5.97 Å². The summed E-state index contributed by atoms with van der Waals surface area (Å²) in [5.74, 6) is 0.762. The minimum atomic E-state index is -0.125. The highest BCUT2D eigenvalue weighted by Crippen LogP contribution is 2.15. The van der Waals surface area contributed by atoms with Crippen molar-refractivity contribution < 1.29 is 33.2 Å². The van der Waals surface area contributed by atoms with Crippen LogP contribution in [0.15, 0.2) is 24.3 Å². The molecule has 1 aromatic carbocycles. The van der Waals surface area contributed by atoms with E-state index in [0.717, 1.165) is 25.0 Å². The molecule has 0 unspecified atom stereocenters. The largest absolute Gasteiger partial charge is 0.491 e. The van der Waals surface area contributed by atoms with Gasteiger partial charge in [-0.05, 0) is 37.0 Å². The Morgan fingerprint density at radius 1 is 0.488 bits per heavy atom. The summed E-state index contributed by atoms with van der Waals surface area (Å²) in [5.41, 5.74) is 1.38. The smallest absolute Gasteiger partial charge is 0.305 e. The van der Waals surface area contributed by atoms with Gasteiger partial charge in [-0.3, -0.25) is 4.79 Å². The Balaban J connectivity index is 1.77. The summed E-state index contributed by atoms with van der Waals surface area (Å²) in [7, 11) is 0. The summed E-state index contributed by atoms with van der Waals surface area (Å²) in [6, 6.07) is 8.44. The Morgan fingerprint density at radius 3 is 1.42 bits per heavy atom. The van der Waals surface area contributed by atoms with Gasteiger partial charge in [0.1, 0.15) is 19.0 Å². The van der Waals surface area contributed by atoms with Crippen LogP contribution in [-0.4, -0.2) is 72.0 Å². The molecule has 250 valence electrons. The van der Waals surface area contributed by atoms with Crippen LogP contribution >= 0.6 is 0 Å². The van der Waals surface area contributed by atoms with Crippen LogP contribution in [-0.2, 0) is 34.9 Å². The van der Waals surface area contributed by atoms with Crippen LogP contribution in [0.5, 0.6) is 5.75 Å². The van der Waals surface area contributed by atoms with Gasteiger partial charge in [0, 0.05) is 6.42 Å². The van der Waals surface area contributed by atoms with Gasteiger partial charge in [-0.2, -0.15) is 0 Å². The Morgan fingerprint density at radius 2 is 0.907 bits per heavy atom. The number of hydrogen-bond acceptors (Lipinski definition) is 7. The van der Waals surface area contributed by atoms with E-state index in [2.05, 4.69) is 38.1 Å². The van der Waals surface area contributed by atoms with E-state index >= 15 is 0 Å². The predicted molar refractivity (Wildman–Crippen MR) is 175 cm³/mol. The van der Waals surface area contributed by atoms with Crippen LogP contribution < -0.4 is 4.74 Å². The first-order chi connectivity index (χ1) is 21.3. The number of hydrogen-bond donors (Lipinski definition) is 0. The molecule has 0 bridgehead atoms. The van der Waals surface area contributed by atoms with Crippen molar-refractivity contribution in [2.24, 2.45) is 0 Å². The molecule has 7 nitrogen and oxygen atoms in total. The zero-order chi connectivity index (χ0) is 30.9. The Bertz CT molecular complexity index is 710. The van der Waals surface area contributed by atoms with E-state index in [0.29, 0.717) is 72.5 Å². The highest BCUT2D eigenvalue weighted by Gasteiger charge is 2.03. The first kappa shape index (κ1) is 39.4. The van der Waals surface area contributed by atoms with E-state index in [4.69, 9.17) is 28.4 Å². The van der Waals surface area contributed by atoms with E-state index in [1.807, 2.05) is 0 Å². The van der Waals surface area contributed by atoms with Gasteiger partial charge in [-0.1, -0.05) is 109 Å². The molecule has 0 N–H and O–H groups in total. The van der Waals surface area contributed by atoms with Crippen LogP contribution in [0.2, 0.25) is 0 Å². The fourth-order valence-corrected chi connectivity index (χ4v) is 4.71. The molecular formula is C36H64O7. The first-order valence-corrected chi connectivity index (χ1v) is 17.4. The fourth-order valence-electron chi connectivity index (χ4n) is 4.71. The molecule has 43 heavy (non-hydrogen) atoms. The van der Waals surface area contributed by atoms with Crippen LogP contribution in [0.3, 0.4) is 0 Å². The third-order valence-corrected chi connectivity index (χ3v) is 7.33. The third kappa shape index (κ3) is 27.6. The number of ether oxygens (including phenoxy) is 6. The van der Waals surface area contributed by atoms with Gasteiger partial charge in [-0.15, -0.1) is 0 Å². The number of rotatable bonds is 33. The highest BCUT2D eigenvalue weighted by molar-refractivity contribution is 5.69. The Labute approximate surface area is 263 Å². The predicted octanol–water partition coefficient (Wildman–Crippen LogP) is 8.50. The number of carbonyl (C=O) groups excluding carboxylic acids is 1. The van der Waals surface area contributed by atoms with Crippen molar-refractivity contribution in [3.8, 4) is 5.75 Å². The maximum absolute atomic E-state index is 11.8. The topological polar surface area (TPSA) is 72.5 Å². The van der Waals surface area contributed by atoms with Crippen molar-refractivity contribution in [2.75, 3.05) is 66.1 Å². The monoisotopic (exact) mass is 608 g/mol. The number of benzene rings is 1. The van der Waals surface area contributed by atoms with Gasteiger partial charge in [0.15, 0.2) is 0 Å². The second-order valence-corrected chi connectivity index (χ2v) is 11.3. The Hall–Kier alpha value is -1.67. The summed E-state index contributed by atoms with van der Waals surface area (Å²) in [4.78, 5) is 11.8. The molecule has 0 aliphatic heterocycles. The normalized spacial score (nSPS) is 11.2. The van der Waals surface area contributed by atoms with Crippen molar-refractivity contribution in [1.29, 1.82) is 0 Å². The lowest BCUT2D eigenvalue weighted by molar-refractivity contribution is -0.145. The molecule has 0 aromatic heterocycles. The molecule has 0 aliphatic carbocycles. The summed E-state index contributed by atoms with van der Waals surface area (Å²) >= 11 is 0. The average Bonchev–Trinajstić information content (AvgIpc) is 3.02. The fraction of sp³-hybridized carbons (Fsp3) is 0.806. The maximum atomic E-state index is 11.8. The molecule has 0 spiro atoms. The lowest BCUT2D eigenvalue weighted by Gasteiger charge is -2.09. The second-order valence-electron chi connectivity index (χ2n) is 11.3. The summed E-state index contributed by atoms with van der Waals surface area (Å²) in [5, 5.41) is 0. The van der Waals surface area contributed by atoms with Gasteiger partial charge in [0.05, 0.1) is 52.9 Å². The van der Waals surface area contributed by atoms with E-state index in [1.165, 1.54) is 89.0 Å². The lowest BCUT2D eigenvalue weighted by atomic mass is 10.0. The molecule has 0 heterocycles. The van der Waals surface area contributed by atoms with Gasteiger partial charge in [0.25, 0.3) is 0 Å². The number of aryl methyl sites for hydroxylation is 1. The van der Waals surface area contributed by atoms with Gasteiger partial charge in [-0.25, -0.2) is 0 Å². The minimum absolute atomic E-state index is 0.125. The highest BCUT2D eigenvalue weighted by atomic mass is 16.6. The van der Waals surface area contributed by atoms with E-state index in [9.17, 15) is 4.79 Å². The molecule has 0 saturated heterocycles. The Kier molecular flexibility index (Phi) is 29.1. The molecule has 0 fully saturated rings. The van der Waals surface area contributed by atoms with Crippen LogP contribution in [0.25, 0.3) is 0 Å². The molecule has 1 aromatic rings. The van der Waals surface area contributed by atoms with Gasteiger partial charge < -0.3 is 28.4 Å². The van der Waals surface area contributed by atoms with E-state index < -0.39 is 0 Å². The molecular weight excluding hydrogens is 544 g/mol. The summed E-state index contributed by atoms with van der Waals surface area (Å²) in [6.07, 6.45) is 20.8. The second kappa shape index (κ2) is 31.7. The first-order valence-electron chi connectivity index (χ1n) is 17.4. The minimum Gasteiger partial charge on any atom is -0.491 e. The van der Waals surface area contributed by atoms with Gasteiger partial charge >= 0.3 is 5.97 Å². The quantitative estimate of drug-likeness (QED) is 0.0585. The standard InChI is InChI=1S/C36H64O7/c1-3-5-7-9-11-12-13-15-17-19-36(37)43-33-31-41-29-27-39-25-24-38-26-28-40-30-32-42-35-22-20-34(21-23-35)18-16-14-10-8-6-4-2/h20-23H,3-19,24-33H2,1-2H3. The number of unbranched alkanes of at least 4 members (excludes halogenated alkanes) is 13. The lowest BCUT2D eigenvalue weighted by Crippen LogP contribution is -2.15. The molecule has 0 aliphatic rings. The van der Waals surface area contributed by atoms with Crippen LogP contribution in [0.1, 0.15) is 122 Å². The molecule has 0 saturated carbocycles. The summed E-state index contributed by atoms with van der Waals surface area (Å²) < 4.78 is 33.1. The summed E-state index contributed by atoms with van der Waals surface area (Å²) in [6.45, 7) is 9.30. The molecule has 7 heteroatoms. The van der Waals surface area contributed by atoms with Crippen LogP contribution in [0, 0.1) is 0 Å². The molecule has 0 amide bonds. The zero-order valence-electron chi connectivity index (χ0n) is 27.8. The maximum Gasteiger partial charge on any atom is 0.305 e. The third-order valence-electron chi connectivity index (χ3n) is 7.33. The average molecular weight is 609 g/mol. The van der Waals surface area contributed by atoms with Gasteiger partial charge in [0.2, 0.25) is 0 Å². The zero-order valence-corrected chi connectivity index (χ0v) is 27.8. The molecule has 0 radical (unpaired) electrons. The number of esters is 1. The number of carbonyl (C=O) groups is 1. The molecule has 1 rings (SSSR count). The van der Waals surface area contributed by atoms with Crippen molar-refractivity contribution >= 4 is 5.97 Å². The van der Waals surface area contributed by atoms with Crippen molar-refractivity contribution in [3.05, 3.63) is 29.8 Å².